The highest BCUT2D eigenvalue weighted by Gasteiger charge is 2.34. The van der Waals surface area contributed by atoms with Crippen molar-refractivity contribution in [2.45, 2.75) is 76.3 Å². The number of hydrogen-bond donors (Lipinski definition) is 1. The smallest absolute Gasteiger partial charge is 0.251 e. The fraction of sp³-hybridized carbons (Fsp3) is 0.867. The molecule has 1 amide bonds. The number of rotatable bonds is 2. The van der Waals surface area contributed by atoms with Gasteiger partial charge in [0.15, 0.2) is 0 Å². The van der Waals surface area contributed by atoms with Gasteiger partial charge in [-0.1, -0.05) is 38.5 Å². The number of carbonyl (C=O) groups is 1. The van der Waals surface area contributed by atoms with Crippen LogP contribution in [0.4, 0.5) is 0 Å². The van der Waals surface area contributed by atoms with Crippen molar-refractivity contribution in [1.82, 2.24) is 10.2 Å². The zero-order valence-corrected chi connectivity index (χ0v) is 11.7. The molecule has 0 aromatic heterocycles. The molecule has 106 valence electrons. The first-order chi connectivity index (χ1) is 9.34. The number of carbonyl (C=O) groups excluding carboxylic acids is 1. The molecule has 0 radical (unpaired) electrons. The molecule has 2 aliphatic carbocycles. The van der Waals surface area contributed by atoms with Crippen LogP contribution in [-0.2, 0) is 4.79 Å². The molecule has 0 aromatic rings. The Morgan fingerprint density at radius 3 is 2.26 bits per heavy atom. The van der Waals surface area contributed by atoms with Crippen molar-refractivity contribution < 1.29 is 4.79 Å². The minimum atomic E-state index is 0.199. The molecule has 0 saturated heterocycles. The number of amides is 1. The van der Waals surface area contributed by atoms with Crippen molar-refractivity contribution in [1.29, 1.82) is 0 Å². The van der Waals surface area contributed by atoms with E-state index < -0.39 is 0 Å². The molecule has 2 saturated carbocycles. The van der Waals surface area contributed by atoms with Gasteiger partial charge in [0.25, 0.3) is 5.91 Å². The molecular weight excluding hydrogens is 238 g/mol. The van der Waals surface area contributed by atoms with Crippen LogP contribution in [0.1, 0.15) is 64.2 Å². The molecule has 1 N–H and O–H groups in total. The summed E-state index contributed by atoms with van der Waals surface area (Å²) in [6.45, 7) is 0.353. The van der Waals surface area contributed by atoms with E-state index in [4.69, 9.17) is 0 Å². The van der Waals surface area contributed by atoms with Crippen LogP contribution in [0.2, 0.25) is 0 Å². The molecule has 1 heterocycles. The molecule has 4 nitrogen and oxygen atoms in total. The van der Waals surface area contributed by atoms with E-state index in [0.717, 1.165) is 18.8 Å². The first kappa shape index (κ1) is 12.9. The van der Waals surface area contributed by atoms with Crippen LogP contribution in [-0.4, -0.2) is 35.4 Å². The quantitative estimate of drug-likeness (QED) is 0.831. The summed E-state index contributed by atoms with van der Waals surface area (Å²) in [4.78, 5) is 18.5. The van der Waals surface area contributed by atoms with Crippen LogP contribution in [0.25, 0.3) is 0 Å². The Balaban J connectivity index is 1.63. The molecule has 1 aliphatic heterocycles. The summed E-state index contributed by atoms with van der Waals surface area (Å²) in [5.41, 5.74) is 0. The summed E-state index contributed by atoms with van der Waals surface area (Å²) < 4.78 is 0. The Morgan fingerprint density at radius 1 is 0.947 bits per heavy atom. The normalized spacial score (nSPS) is 26.6. The third kappa shape index (κ3) is 2.93. The van der Waals surface area contributed by atoms with E-state index in [1.165, 1.54) is 51.4 Å². The maximum absolute atomic E-state index is 12.1. The van der Waals surface area contributed by atoms with E-state index in [1.54, 1.807) is 0 Å². The molecule has 19 heavy (non-hydrogen) atoms. The van der Waals surface area contributed by atoms with Gasteiger partial charge in [0.2, 0.25) is 5.96 Å². The first-order valence-corrected chi connectivity index (χ1v) is 7.97. The van der Waals surface area contributed by atoms with Crippen molar-refractivity contribution in [3.8, 4) is 0 Å². The van der Waals surface area contributed by atoms with Crippen LogP contribution < -0.4 is 5.32 Å². The summed E-state index contributed by atoms with van der Waals surface area (Å²) in [6, 6.07) is 0.933. The second-order valence-electron chi connectivity index (χ2n) is 6.17. The molecule has 2 fully saturated rings. The van der Waals surface area contributed by atoms with Crippen LogP contribution in [0.3, 0.4) is 0 Å². The van der Waals surface area contributed by atoms with Crippen molar-refractivity contribution in [2.75, 3.05) is 6.54 Å². The van der Waals surface area contributed by atoms with Gasteiger partial charge in [-0.3, -0.25) is 9.69 Å². The van der Waals surface area contributed by atoms with Crippen molar-refractivity contribution in [2.24, 2.45) is 4.99 Å². The van der Waals surface area contributed by atoms with Crippen LogP contribution in [0.15, 0.2) is 4.99 Å². The zero-order valence-electron chi connectivity index (χ0n) is 11.7. The fourth-order valence-electron chi connectivity index (χ4n) is 3.67. The molecule has 0 aromatic carbocycles. The Kier molecular flexibility index (Phi) is 4.04. The Morgan fingerprint density at radius 2 is 1.58 bits per heavy atom. The summed E-state index contributed by atoms with van der Waals surface area (Å²) in [5, 5.41) is 3.55. The van der Waals surface area contributed by atoms with E-state index in [1.807, 2.05) is 4.90 Å². The van der Waals surface area contributed by atoms with Crippen LogP contribution >= 0.6 is 0 Å². The Hall–Kier alpha value is -1.06. The van der Waals surface area contributed by atoms with Crippen molar-refractivity contribution in [3.63, 3.8) is 0 Å². The highest BCUT2D eigenvalue weighted by molar-refractivity contribution is 6.03. The predicted octanol–water partition coefficient (Wildman–Crippen LogP) is 2.44. The van der Waals surface area contributed by atoms with Gasteiger partial charge in [-0.25, -0.2) is 4.99 Å². The number of hydrogen-bond acceptors (Lipinski definition) is 3. The lowest BCUT2D eigenvalue weighted by Gasteiger charge is -2.34. The molecule has 0 bridgehead atoms. The number of nitrogens with one attached hydrogen (secondary N) is 1. The second kappa shape index (κ2) is 5.93. The van der Waals surface area contributed by atoms with E-state index in [9.17, 15) is 4.79 Å². The maximum atomic E-state index is 12.1. The highest BCUT2D eigenvalue weighted by atomic mass is 16.2. The number of nitrogens with zero attached hydrogens (tertiary/aromatic N) is 2. The molecule has 0 unspecified atom stereocenters. The predicted molar refractivity (Wildman–Crippen MR) is 76.0 cm³/mol. The molecule has 0 spiro atoms. The number of guanidine groups is 1. The van der Waals surface area contributed by atoms with Gasteiger partial charge in [-0.05, 0) is 25.7 Å². The van der Waals surface area contributed by atoms with Gasteiger partial charge >= 0.3 is 0 Å². The summed E-state index contributed by atoms with van der Waals surface area (Å²) >= 11 is 0. The third-order valence-corrected chi connectivity index (χ3v) is 4.74. The zero-order chi connectivity index (χ0) is 13.1. The molecular formula is C15H25N3O. The van der Waals surface area contributed by atoms with E-state index in [-0.39, 0.29) is 5.91 Å². The fourth-order valence-corrected chi connectivity index (χ4v) is 3.67. The SMILES string of the molecule is O=C1CN=C(NC2CCCCC2)N1C1CCCCC1. The Labute approximate surface area is 115 Å². The minimum absolute atomic E-state index is 0.199. The van der Waals surface area contributed by atoms with Gasteiger partial charge in [0.1, 0.15) is 6.54 Å². The van der Waals surface area contributed by atoms with Crippen molar-refractivity contribution in [3.05, 3.63) is 0 Å². The van der Waals surface area contributed by atoms with E-state index >= 15 is 0 Å². The topological polar surface area (TPSA) is 44.7 Å². The third-order valence-electron chi connectivity index (χ3n) is 4.74. The molecule has 4 heteroatoms. The minimum Gasteiger partial charge on any atom is -0.353 e. The lowest BCUT2D eigenvalue weighted by molar-refractivity contribution is -0.126. The molecule has 0 atom stereocenters. The lowest BCUT2D eigenvalue weighted by Crippen LogP contribution is -2.51. The summed E-state index contributed by atoms with van der Waals surface area (Å²) in [6.07, 6.45) is 12.6. The van der Waals surface area contributed by atoms with Crippen molar-refractivity contribution >= 4 is 11.9 Å². The Bertz CT molecular complexity index is 354. The average molecular weight is 263 g/mol. The number of aliphatic imine (C=N–C) groups is 1. The lowest BCUT2D eigenvalue weighted by atomic mass is 9.94. The first-order valence-electron chi connectivity index (χ1n) is 7.97. The van der Waals surface area contributed by atoms with Gasteiger partial charge in [-0.2, -0.15) is 0 Å². The standard InChI is InChI=1S/C15H25N3O/c19-14-11-16-15(17-12-7-3-1-4-8-12)18(14)13-9-5-2-6-10-13/h12-13H,1-11H2,(H,16,17). The van der Waals surface area contributed by atoms with E-state index in [2.05, 4.69) is 10.3 Å². The average Bonchev–Trinajstić information content (AvgIpc) is 2.82. The largest absolute Gasteiger partial charge is 0.353 e. The summed E-state index contributed by atoms with van der Waals surface area (Å²) in [7, 11) is 0. The van der Waals surface area contributed by atoms with Crippen LogP contribution in [0, 0.1) is 0 Å². The van der Waals surface area contributed by atoms with Crippen LogP contribution in [0.5, 0.6) is 0 Å². The summed E-state index contributed by atoms with van der Waals surface area (Å²) in [5.74, 6) is 1.08. The van der Waals surface area contributed by atoms with Gasteiger partial charge < -0.3 is 5.32 Å². The van der Waals surface area contributed by atoms with E-state index in [0.29, 0.717) is 18.6 Å². The molecule has 3 aliphatic rings. The maximum Gasteiger partial charge on any atom is 0.251 e. The van der Waals surface area contributed by atoms with Gasteiger partial charge in [0, 0.05) is 12.1 Å². The monoisotopic (exact) mass is 263 g/mol. The second-order valence-corrected chi connectivity index (χ2v) is 6.17. The highest BCUT2D eigenvalue weighted by Crippen LogP contribution is 2.25. The molecule has 3 rings (SSSR count). The van der Waals surface area contributed by atoms with Gasteiger partial charge in [0.05, 0.1) is 0 Å². The van der Waals surface area contributed by atoms with Gasteiger partial charge in [-0.15, -0.1) is 0 Å².